The summed E-state index contributed by atoms with van der Waals surface area (Å²) in [5.41, 5.74) is 7.79. The number of aryl methyl sites for hydroxylation is 3. The van der Waals surface area contributed by atoms with E-state index >= 15 is 0 Å². The molecular formula is C26H39N2P. The van der Waals surface area contributed by atoms with Crippen LogP contribution in [0.4, 0.5) is 0 Å². The maximum Gasteiger partial charge on any atom is 0.144 e. The van der Waals surface area contributed by atoms with Crippen molar-refractivity contribution in [1.82, 2.24) is 9.55 Å². The van der Waals surface area contributed by atoms with Crippen LogP contribution in [0.5, 0.6) is 0 Å². The SMILES string of the molecule is CC.CCC(C)(C)c1ccccc1-c1nccn1-c1c(C)cc(C)cc1C.CP. The van der Waals surface area contributed by atoms with Gasteiger partial charge < -0.3 is 0 Å². The fourth-order valence-corrected chi connectivity index (χ4v) is 3.69. The lowest BCUT2D eigenvalue weighted by Gasteiger charge is -2.26. The Bertz CT molecular complexity index is 884. The smallest absolute Gasteiger partial charge is 0.144 e. The highest BCUT2D eigenvalue weighted by molar-refractivity contribution is 7.15. The minimum atomic E-state index is 0.116. The average molecular weight is 411 g/mol. The van der Waals surface area contributed by atoms with Gasteiger partial charge in [-0.15, -0.1) is 9.24 Å². The molecule has 0 radical (unpaired) electrons. The minimum Gasteiger partial charge on any atom is -0.299 e. The molecule has 0 saturated carbocycles. The molecule has 0 bridgehead atoms. The molecule has 0 spiro atoms. The van der Waals surface area contributed by atoms with E-state index in [0.717, 1.165) is 12.2 Å². The Morgan fingerprint density at radius 2 is 1.52 bits per heavy atom. The van der Waals surface area contributed by atoms with Crippen LogP contribution in [-0.2, 0) is 5.41 Å². The van der Waals surface area contributed by atoms with Gasteiger partial charge in [-0.3, -0.25) is 4.57 Å². The number of nitrogens with zero attached hydrogens (tertiary/aromatic N) is 2. The van der Waals surface area contributed by atoms with Gasteiger partial charge in [0.25, 0.3) is 0 Å². The Kier molecular flexibility index (Phi) is 9.80. The van der Waals surface area contributed by atoms with Crippen molar-refractivity contribution in [2.24, 2.45) is 0 Å². The van der Waals surface area contributed by atoms with E-state index in [1.165, 1.54) is 33.5 Å². The molecule has 1 heterocycles. The molecule has 3 rings (SSSR count). The summed E-state index contributed by atoms with van der Waals surface area (Å²) < 4.78 is 2.24. The molecule has 0 fully saturated rings. The maximum atomic E-state index is 4.74. The zero-order valence-electron chi connectivity index (χ0n) is 19.8. The van der Waals surface area contributed by atoms with Crippen LogP contribution in [0, 0.1) is 20.8 Å². The van der Waals surface area contributed by atoms with E-state index in [0.29, 0.717) is 0 Å². The number of hydrogen-bond donors (Lipinski definition) is 0. The first-order valence-electron chi connectivity index (χ1n) is 10.6. The van der Waals surface area contributed by atoms with Crippen LogP contribution in [0.25, 0.3) is 17.1 Å². The highest BCUT2D eigenvalue weighted by Gasteiger charge is 2.24. The lowest BCUT2D eigenvalue weighted by molar-refractivity contribution is 0.507. The predicted octanol–water partition coefficient (Wildman–Crippen LogP) is 7.67. The Balaban J connectivity index is 0.000000989. The average Bonchev–Trinajstić information content (AvgIpc) is 3.19. The maximum absolute atomic E-state index is 4.74. The van der Waals surface area contributed by atoms with Gasteiger partial charge in [-0.25, -0.2) is 4.98 Å². The summed E-state index contributed by atoms with van der Waals surface area (Å²) in [6.45, 7) is 19.3. The number of hydrogen-bond acceptors (Lipinski definition) is 1. The third-order valence-corrected chi connectivity index (χ3v) is 5.30. The Labute approximate surface area is 181 Å². The molecule has 1 atom stereocenters. The first-order chi connectivity index (χ1) is 13.8. The molecule has 0 N–H and O–H groups in total. The molecule has 2 nitrogen and oxygen atoms in total. The number of rotatable bonds is 4. The highest BCUT2D eigenvalue weighted by Crippen LogP contribution is 2.36. The zero-order valence-corrected chi connectivity index (χ0v) is 21.0. The molecular weight excluding hydrogens is 371 g/mol. The third kappa shape index (κ3) is 5.58. The molecule has 2 aromatic carbocycles. The molecule has 1 unspecified atom stereocenters. The van der Waals surface area contributed by atoms with Crippen molar-refractivity contribution < 1.29 is 0 Å². The van der Waals surface area contributed by atoms with Crippen LogP contribution in [0.3, 0.4) is 0 Å². The number of benzene rings is 2. The Hall–Kier alpha value is -1.92. The van der Waals surface area contributed by atoms with E-state index in [-0.39, 0.29) is 5.41 Å². The monoisotopic (exact) mass is 410 g/mol. The highest BCUT2D eigenvalue weighted by atomic mass is 31.0. The number of aromatic nitrogens is 2. The minimum absolute atomic E-state index is 0.116. The molecule has 0 saturated heterocycles. The van der Waals surface area contributed by atoms with Crippen LogP contribution in [0.2, 0.25) is 0 Å². The van der Waals surface area contributed by atoms with Crippen molar-refractivity contribution in [2.45, 2.75) is 67.2 Å². The summed E-state index contributed by atoms with van der Waals surface area (Å²) >= 11 is 0. The van der Waals surface area contributed by atoms with Gasteiger partial charge in [-0.2, -0.15) is 0 Å². The molecule has 1 aromatic heterocycles. The summed E-state index contributed by atoms with van der Waals surface area (Å²) in [7, 11) is 2.42. The van der Waals surface area contributed by atoms with Crippen LogP contribution < -0.4 is 0 Å². The van der Waals surface area contributed by atoms with Crippen molar-refractivity contribution in [2.75, 3.05) is 6.66 Å². The van der Waals surface area contributed by atoms with Gasteiger partial charge in [0.1, 0.15) is 5.82 Å². The van der Waals surface area contributed by atoms with Gasteiger partial charge in [-0.1, -0.05) is 83.2 Å². The Morgan fingerprint density at radius 3 is 2.07 bits per heavy atom. The fraction of sp³-hybridized carbons (Fsp3) is 0.423. The van der Waals surface area contributed by atoms with Gasteiger partial charge in [0.2, 0.25) is 0 Å². The fourth-order valence-electron chi connectivity index (χ4n) is 3.69. The summed E-state index contributed by atoms with van der Waals surface area (Å²) in [6.07, 6.45) is 5.08. The summed E-state index contributed by atoms with van der Waals surface area (Å²) in [4.78, 5) is 4.74. The van der Waals surface area contributed by atoms with Gasteiger partial charge in [0.05, 0.1) is 5.69 Å². The second kappa shape index (κ2) is 11.3. The summed E-state index contributed by atoms with van der Waals surface area (Å²) in [5.74, 6) is 1.02. The topological polar surface area (TPSA) is 17.8 Å². The quantitative estimate of drug-likeness (QED) is 0.403. The molecule has 0 aliphatic heterocycles. The van der Waals surface area contributed by atoms with E-state index in [1.807, 2.05) is 26.7 Å². The molecule has 0 amide bonds. The molecule has 0 aliphatic carbocycles. The molecule has 0 aliphatic rings. The standard InChI is InChI=1S/C23H28N2.C2H6.CH5P/c1-7-23(5,6)20-11-9-8-10-19(20)22-24-12-13-25(22)21-17(3)14-16(2)15-18(21)4;2*1-2/h8-15H,7H2,1-6H3;1-2H3;2H2,1H3. The van der Waals surface area contributed by atoms with E-state index in [9.17, 15) is 0 Å². The molecule has 29 heavy (non-hydrogen) atoms. The first kappa shape index (κ1) is 25.1. The van der Waals surface area contributed by atoms with Crippen molar-refractivity contribution in [3.8, 4) is 17.1 Å². The normalized spacial score (nSPS) is 10.6. The third-order valence-electron chi connectivity index (χ3n) is 5.30. The van der Waals surface area contributed by atoms with Crippen molar-refractivity contribution >= 4 is 9.24 Å². The lowest BCUT2D eigenvalue weighted by atomic mass is 9.79. The van der Waals surface area contributed by atoms with Crippen LogP contribution >= 0.6 is 9.24 Å². The van der Waals surface area contributed by atoms with Gasteiger partial charge in [0.15, 0.2) is 0 Å². The lowest BCUT2D eigenvalue weighted by Crippen LogP contribution is -2.17. The Morgan fingerprint density at radius 1 is 0.966 bits per heavy atom. The van der Waals surface area contributed by atoms with Crippen LogP contribution in [0.1, 0.15) is 63.3 Å². The summed E-state index contributed by atoms with van der Waals surface area (Å²) in [6, 6.07) is 13.2. The van der Waals surface area contributed by atoms with E-state index < -0.39 is 0 Å². The van der Waals surface area contributed by atoms with Crippen molar-refractivity contribution in [3.05, 3.63) is 71.0 Å². The van der Waals surface area contributed by atoms with Crippen LogP contribution in [-0.4, -0.2) is 16.2 Å². The molecule has 3 heteroatoms. The molecule has 3 aromatic rings. The second-order valence-electron chi connectivity index (χ2n) is 7.65. The van der Waals surface area contributed by atoms with Crippen LogP contribution in [0.15, 0.2) is 48.8 Å². The van der Waals surface area contributed by atoms with Gasteiger partial charge in [-0.05, 0) is 49.3 Å². The first-order valence-corrected chi connectivity index (χ1v) is 11.8. The van der Waals surface area contributed by atoms with Crippen molar-refractivity contribution in [3.63, 3.8) is 0 Å². The molecule has 158 valence electrons. The second-order valence-corrected chi connectivity index (χ2v) is 7.65. The predicted molar refractivity (Wildman–Crippen MR) is 134 cm³/mol. The van der Waals surface area contributed by atoms with E-state index in [4.69, 9.17) is 4.98 Å². The number of imidazole rings is 1. The zero-order chi connectivity index (χ0) is 22.2. The van der Waals surface area contributed by atoms with Gasteiger partial charge >= 0.3 is 0 Å². The summed E-state index contributed by atoms with van der Waals surface area (Å²) in [5, 5.41) is 0. The van der Waals surface area contributed by atoms with E-state index in [2.05, 4.69) is 97.9 Å². The largest absolute Gasteiger partial charge is 0.299 e. The van der Waals surface area contributed by atoms with Crippen molar-refractivity contribution in [1.29, 1.82) is 0 Å². The van der Waals surface area contributed by atoms with E-state index in [1.54, 1.807) is 0 Å². The van der Waals surface area contributed by atoms with Gasteiger partial charge in [0, 0.05) is 18.0 Å².